The summed E-state index contributed by atoms with van der Waals surface area (Å²) in [4.78, 5) is 11.4. The van der Waals surface area contributed by atoms with E-state index in [0.717, 1.165) is 0 Å². The zero-order chi connectivity index (χ0) is 13.6. The van der Waals surface area contributed by atoms with E-state index in [1.165, 1.54) is 31.3 Å². The molecule has 6 nitrogen and oxygen atoms in total. The van der Waals surface area contributed by atoms with Gasteiger partial charge in [-0.2, -0.15) is 0 Å². The van der Waals surface area contributed by atoms with Gasteiger partial charge in [0.05, 0.1) is 4.90 Å². The molecule has 1 aromatic rings. The van der Waals surface area contributed by atoms with Gasteiger partial charge in [-0.1, -0.05) is 0 Å². The van der Waals surface area contributed by atoms with Crippen molar-refractivity contribution in [1.29, 1.82) is 0 Å². The number of benzene rings is 1. The fourth-order valence-electron chi connectivity index (χ4n) is 1.32. The Morgan fingerprint density at radius 1 is 1.11 bits per heavy atom. The number of hydrogen-bond donors (Lipinski definition) is 3. The van der Waals surface area contributed by atoms with Gasteiger partial charge in [0.15, 0.2) is 0 Å². The summed E-state index contributed by atoms with van der Waals surface area (Å²) in [6.45, 7) is 0.867. The lowest BCUT2D eigenvalue weighted by atomic mass is 10.2. The summed E-state index contributed by atoms with van der Waals surface area (Å²) in [5, 5.41) is 5.31. The number of nitrogens with one attached hydrogen (secondary N) is 3. The average Bonchev–Trinajstić information content (AvgIpc) is 2.38. The lowest BCUT2D eigenvalue weighted by Crippen LogP contribution is -2.30. The van der Waals surface area contributed by atoms with Crippen LogP contribution in [0.25, 0.3) is 0 Å². The van der Waals surface area contributed by atoms with Gasteiger partial charge < -0.3 is 10.6 Å². The molecule has 0 radical (unpaired) electrons. The lowest BCUT2D eigenvalue weighted by molar-refractivity contribution is 0.0963. The van der Waals surface area contributed by atoms with Crippen LogP contribution in [0.2, 0.25) is 0 Å². The molecule has 0 aliphatic rings. The van der Waals surface area contributed by atoms with Crippen LogP contribution in [0.5, 0.6) is 0 Å². The quantitative estimate of drug-likeness (QED) is 0.611. The fraction of sp³-hybridized carbons (Fsp3) is 0.364. The summed E-state index contributed by atoms with van der Waals surface area (Å²) in [5.41, 5.74) is 0.423. The van der Waals surface area contributed by atoms with Crippen LogP contribution in [0.4, 0.5) is 0 Å². The second-order valence-electron chi connectivity index (χ2n) is 3.60. The highest BCUT2D eigenvalue weighted by atomic mass is 32.2. The zero-order valence-corrected chi connectivity index (χ0v) is 11.2. The predicted molar refractivity (Wildman–Crippen MR) is 68.9 cm³/mol. The Hall–Kier alpha value is -1.44. The van der Waals surface area contributed by atoms with E-state index in [-0.39, 0.29) is 10.8 Å². The first kappa shape index (κ1) is 14.6. The smallest absolute Gasteiger partial charge is 0.251 e. The molecule has 0 atom stereocenters. The molecule has 0 bridgehead atoms. The Morgan fingerprint density at radius 2 is 1.72 bits per heavy atom. The molecule has 0 saturated heterocycles. The number of carbonyl (C=O) groups is 1. The van der Waals surface area contributed by atoms with Crippen LogP contribution in [0.3, 0.4) is 0 Å². The Balaban J connectivity index is 2.81. The maximum Gasteiger partial charge on any atom is 0.251 e. The van der Waals surface area contributed by atoms with Crippen LogP contribution >= 0.6 is 0 Å². The first-order chi connectivity index (χ1) is 8.51. The molecule has 3 N–H and O–H groups in total. The number of amides is 1. The molecule has 0 saturated carbocycles. The standard InChI is InChI=1S/C11H17N3O3S/c1-12-7-8-14-18(16,17)10-5-3-9(4-6-10)11(15)13-2/h3-6,12,14H,7-8H2,1-2H3,(H,13,15). The molecule has 1 rings (SSSR count). The minimum atomic E-state index is -3.50. The van der Waals surface area contributed by atoms with E-state index in [4.69, 9.17) is 0 Å². The predicted octanol–water partition coefficient (Wildman–Crippen LogP) is -0.456. The van der Waals surface area contributed by atoms with Crippen molar-refractivity contribution in [3.05, 3.63) is 29.8 Å². The van der Waals surface area contributed by atoms with Gasteiger partial charge >= 0.3 is 0 Å². The zero-order valence-electron chi connectivity index (χ0n) is 10.4. The maximum absolute atomic E-state index is 11.8. The van der Waals surface area contributed by atoms with Crippen molar-refractivity contribution < 1.29 is 13.2 Å². The Kier molecular flexibility index (Phi) is 5.26. The molecule has 18 heavy (non-hydrogen) atoms. The van der Waals surface area contributed by atoms with Gasteiger partial charge in [-0.15, -0.1) is 0 Å². The van der Waals surface area contributed by atoms with E-state index in [1.807, 2.05) is 0 Å². The number of likely N-dealkylation sites (N-methyl/N-ethyl adjacent to an activating group) is 1. The second kappa shape index (κ2) is 6.48. The van der Waals surface area contributed by atoms with Crippen molar-refractivity contribution in [2.24, 2.45) is 0 Å². The molecule has 0 spiro atoms. The molecule has 0 unspecified atom stereocenters. The van der Waals surface area contributed by atoms with E-state index in [2.05, 4.69) is 15.4 Å². The highest BCUT2D eigenvalue weighted by molar-refractivity contribution is 7.89. The average molecular weight is 271 g/mol. The summed E-state index contributed by atoms with van der Waals surface area (Å²) in [6.07, 6.45) is 0. The van der Waals surface area contributed by atoms with Crippen molar-refractivity contribution in [2.45, 2.75) is 4.90 Å². The molecule has 0 aliphatic carbocycles. The van der Waals surface area contributed by atoms with Gasteiger partial charge in [0, 0.05) is 25.7 Å². The van der Waals surface area contributed by atoms with Crippen LogP contribution in [-0.2, 0) is 10.0 Å². The molecule has 1 aromatic carbocycles. The summed E-state index contributed by atoms with van der Waals surface area (Å²) in [5.74, 6) is -0.248. The normalized spacial score (nSPS) is 11.2. The maximum atomic E-state index is 11.8. The third kappa shape index (κ3) is 3.80. The Bertz CT molecular complexity index is 497. The molecule has 0 heterocycles. The van der Waals surface area contributed by atoms with Gasteiger partial charge in [-0.05, 0) is 31.3 Å². The third-order valence-corrected chi connectivity index (χ3v) is 3.80. The molecule has 1 amide bonds. The van der Waals surface area contributed by atoms with E-state index in [1.54, 1.807) is 7.05 Å². The topological polar surface area (TPSA) is 87.3 Å². The van der Waals surface area contributed by atoms with Crippen LogP contribution in [-0.4, -0.2) is 41.5 Å². The summed E-state index contributed by atoms with van der Waals surface area (Å²) < 4.78 is 26.1. The van der Waals surface area contributed by atoms with Gasteiger partial charge in [0.1, 0.15) is 0 Å². The van der Waals surface area contributed by atoms with Crippen molar-refractivity contribution in [1.82, 2.24) is 15.4 Å². The first-order valence-corrected chi connectivity index (χ1v) is 6.96. The monoisotopic (exact) mass is 271 g/mol. The van der Waals surface area contributed by atoms with Gasteiger partial charge in [0.25, 0.3) is 5.91 Å². The minimum absolute atomic E-state index is 0.145. The molecule has 0 aromatic heterocycles. The van der Waals surface area contributed by atoms with Crippen LogP contribution in [0.1, 0.15) is 10.4 Å². The van der Waals surface area contributed by atoms with Gasteiger partial charge in [0.2, 0.25) is 10.0 Å². The van der Waals surface area contributed by atoms with E-state index < -0.39 is 10.0 Å². The van der Waals surface area contributed by atoms with Crippen molar-refractivity contribution in [3.63, 3.8) is 0 Å². The first-order valence-electron chi connectivity index (χ1n) is 5.47. The number of sulfonamides is 1. The van der Waals surface area contributed by atoms with E-state index >= 15 is 0 Å². The van der Waals surface area contributed by atoms with E-state index in [0.29, 0.717) is 18.7 Å². The molecular formula is C11H17N3O3S. The van der Waals surface area contributed by atoms with Crippen LogP contribution in [0.15, 0.2) is 29.2 Å². The highest BCUT2D eigenvalue weighted by Gasteiger charge is 2.13. The van der Waals surface area contributed by atoms with Gasteiger partial charge in [-0.3, -0.25) is 4.79 Å². The SMILES string of the molecule is CNCCNS(=O)(=O)c1ccc(C(=O)NC)cc1. The number of rotatable bonds is 6. The molecule has 0 fully saturated rings. The molecule has 0 aliphatic heterocycles. The van der Waals surface area contributed by atoms with Crippen LogP contribution < -0.4 is 15.4 Å². The number of carbonyl (C=O) groups excluding carboxylic acids is 1. The largest absolute Gasteiger partial charge is 0.355 e. The van der Waals surface area contributed by atoms with Crippen LogP contribution in [0, 0.1) is 0 Å². The van der Waals surface area contributed by atoms with Gasteiger partial charge in [-0.25, -0.2) is 13.1 Å². The fourth-order valence-corrected chi connectivity index (χ4v) is 2.36. The second-order valence-corrected chi connectivity index (χ2v) is 5.37. The lowest BCUT2D eigenvalue weighted by Gasteiger charge is -2.07. The molecular weight excluding hydrogens is 254 g/mol. The summed E-state index contributed by atoms with van der Waals surface area (Å²) >= 11 is 0. The van der Waals surface area contributed by atoms with Crippen molar-refractivity contribution in [3.8, 4) is 0 Å². The summed E-state index contributed by atoms with van der Waals surface area (Å²) in [6, 6.07) is 5.77. The Labute approximate surface area is 107 Å². The molecule has 100 valence electrons. The third-order valence-electron chi connectivity index (χ3n) is 2.32. The number of hydrogen-bond acceptors (Lipinski definition) is 4. The summed E-state index contributed by atoms with van der Waals surface area (Å²) in [7, 11) is -0.241. The van der Waals surface area contributed by atoms with Crippen molar-refractivity contribution >= 4 is 15.9 Å². The Morgan fingerprint density at radius 3 is 2.22 bits per heavy atom. The molecule has 7 heteroatoms. The minimum Gasteiger partial charge on any atom is -0.355 e. The van der Waals surface area contributed by atoms with E-state index in [9.17, 15) is 13.2 Å². The van der Waals surface area contributed by atoms with Crippen molar-refractivity contribution in [2.75, 3.05) is 27.2 Å². The highest BCUT2D eigenvalue weighted by Crippen LogP contribution is 2.10.